The number of nitrogens with zero attached hydrogens (tertiary/aromatic N) is 4. The molecule has 6 rings (SSSR count). The van der Waals surface area contributed by atoms with Crippen LogP contribution < -0.4 is 10.1 Å². The Morgan fingerprint density at radius 1 is 1.15 bits per heavy atom. The molecule has 8 heteroatoms. The highest BCUT2D eigenvalue weighted by Gasteiger charge is 2.59. The zero-order valence-electron chi connectivity index (χ0n) is 18.6. The number of carbonyl (C=O) groups is 1. The van der Waals surface area contributed by atoms with Crippen molar-refractivity contribution in [3.8, 4) is 11.4 Å². The summed E-state index contributed by atoms with van der Waals surface area (Å²) in [5, 5.41) is 7.85. The molecule has 2 fully saturated rings. The van der Waals surface area contributed by atoms with Crippen LogP contribution in [0.4, 0.5) is 10.1 Å². The number of hydrogen-bond donors (Lipinski definition) is 1. The summed E-state index contributed by atoms with van der Waals surface area (Å²) >= 11 is 0. The third kappa shape index (κ3) is 3.79. The first-order chi connectivity index (χ1) is 16.6. The second-order valence-electron chi connectivity index (χ2n) is 9.25. The van der Waals surface area contributed by atoms with Gasteiger partial charge < -0.3 is 10.1 Å². The van der Waals surface area contributed by atoms with E-state index in [0.29, 0.717) is 28.9 Å². The van der Waals surface area contributed by atoms with Crippen LogP contribution in [0, 0.1) is 29.5 Å². The Bertz CT molecular complexity index is 1330. The summed E-state index contributed by atoms with van der Waals surface area (Å²) in [4.78, 5) is 21.1. The van der Waals surface area contributed by atoms with Gasteiger partial charge in [0.15, 0.2) is 0 Å². The molecule has 1 unspecified atom stereocenters. The average Bonchev–Trinajstić information content (AvgIpc) is 3.21. The van der Waals surface area contributed by atoms with E-state index in [2.05, 4.69) is 20.4 Å². The summed E-state index contributed by atoms with van der Waals surface area (Å²) in [5.74, 6) is 1.71. The zero-order valence-corrected chi connectivity index (χ0v) is 18.6. The lowest BCUT2D eigenvalue weighted by molar-refractivity contribution is -0.120. The van der Waals surface area contributed by atoms with Crippen molar-refractivity contribution in [3.63, 3.8) is 0 Å². The molecule has 2 aliphatic carbocycles. The standard InChI is InChI=1S/C26H24FN5O2/c1-15(26(33)31-17-3-5-18(6-4-17)32-14-28-13-30-32)25-20-11-19(12-21(20)25)34-24-8-9-29-23-7-2-16(27)10-22(23)24/h2-10,13-15,19-21,25H,11-12H2,1H3,(H,31,33)/t15?,19-,20-,21+,25+. The number of benzene rings is 2. The fourth-order valence-electron chi connectivity index (χ4n) is 5.53. The molecule has 5 atom stereocenters. The number of rotatable bonds is 6. The lowest BCUT2D eigenvalue weighted by Crippen LogP contribution is -2.25. The van der Waals surface area contributed by atoms with Gasteiger partial charge in [-0.15, -0.1) is 0 Å². The SMILES string of the molecule is CC(C(=O)Nc1ccc(-n2cncn2)cc1)[C@H]1[C@@H]2C[C@@H](Oc3ccnc4ccc(F)cc34)C[C@@H]21. The van der Waals surface area contributed by atoms with Gasteiger partial charge in [-0.25, -0.2) is 14.1 Å². The highest BCUT2D eigenvalue weighted by atomic mass is 19.1. The predicted octanol–water partition coefficient (Wildman–Crippen LogP) is 4.63. The first kappa shape index (κ1) is 20.8. The van der Waals surface area contributed by atoms with Gasteiger partial charge in [-0.3, -0.25) is 9.78 Å². The molecule has 0 saturated heterocycles. The summed E-state index contributed by atoms with van der Waals surface area (Å²) in [6.45, 7) is 2.01. The molecule has 34 heavy (non-hydrogen) atoms. The smallest absolute Gasteiger partial charge is 0.227 e. The topological polar surface area (TPSA) is 81.9 Å². The van der Waals surface area contributed by atoms with Gasteiger partial charge in [0.1, 0.15) is 24.2 Å². The van der Waals surface area contributed by atoms with Gasteiger partial charge in [-0.2, -0.15) is 5.10 Å². The number of fused-ring (bicyclic) bond motifs is 2. The largest absolute Gasteiger partial charge is 0.490 e. The molecule has 1 N–H and O–H groups in total. The van der Waals surface area contributed by atoms with E-state index in [-0.39, 0.29) is 23.7 Å². The number of pyridine rings is 1. The van der Waals surface area contributed by atoms with Crippen LogP contribution in [0.25, 0.3) is 16.6 Å². The fourth-order valence-corrected chi connectivity index (χ4v) is 5.53. The maximum atomic E-state index is 13.7. The van der Waals surface area contributed by atoms with E-state index >= 15 is 0 Å². The lowest BCUT2D eigenvalue weighted by atomic mass is 9.97. The van der Waals surface area contributed by atoms with Crippen molar-refractivity contribution in [3.05, 3.63) is 73.2 Å². The molecule has 4 aromatic rings. The van der Waals surface area contributed by atoms with E-state index in [0.717, 1.165) is 29.7 Å². The van der Waals surface area contributed by atoms with Crippen molar-refractivity contribution in [2.24, 2.45) is 23.7 Å². The highest BCUT2D eigenvalue weighted by Crippen LogP contribution is 2.61. The molecule has 0 spiro atoms. The van der Waals surface area contributed by atoms with E-state index in [1.54, 1.807) is 29.3 Å². The van der Waals surface area contributed by atoms with Crippen molar-refractivity contribution in [2.75, 3.05) is 5.32 Å². The summed E-state index contributed by atoms with van der Waals surface area (Å²) in [6.07, 6.45) is 6.72. The third-order valence-electron chi connectivity index (χ3n) is 7.23. The fraction of sp³-hybridized carbons (Fsp3) is 0.308. The van der Waals surface area contributed by atoms with Crippen molar-refractivity contribution < 1.29 is 13.9 Å². The number of hydrogen-bond acceptors (Lipinski definition) is 5. The Balaban J connectivity index is 1.05. The summed E-state index contributed by atoms with van der Waals surface area (Å²) in [6, 6.07) is 13.9. The number of aromatic nitrogens is 4. The van der Waals surface area contributed by atoms with Crippen molar-refractivity contribution in [2.45, 2.75) is 25.9 Å². The quantitative estimate of drug-likeness (QED) is 0.456. The number of ether oxygens (including phenoxy) is 1. The molecular formula is C26H24FN5O2. The second kappa shape index (κ2) is 8.20. The molecule has 1 amide bonds. The van der Waals surface area contributed by atoms with Gasteiger partial charge in [0.05, 0.1) is 17.3 Å². The molecule has 2 aromatic carbocycles. The van der Waals surface area contributed by atoms with Crippen LogP contribution >= 0.6 is 0 Å². The molecule has 172 valence electrons. The van der Waals surface area contributed by atoms with Crippen LogP contribution in [0.15, 0.2) is 67.4 Å². The summed E-state index contributed by atoms with van der Waals surface area (Å²) in [5.41, 5.74) is 2.38. The normalized spacial score (nSPS) is 23.9. The lowest BCUT2D eigenvalue weighted by Gasteiger charge is -2.20. The highest BCUT2D eigenvalue weighted by molar-refractivity contribution is 5.93. The zero-order chi connectivity index (χ0) is 23.2. The van der Waals surface area contributed by atoms with Gasteiger partial charge >= 0.3 is 0 Å². The number of halogens is 1. The van der Waals surface area contributed by atoms with Crippen molar-refractivity contribution in [1.82, 2.24) is 19.7 Å². The van der Waals surface area contributed by atoms with Crippen LogP contribution in [0.1, 0.15) is 19.8 Å². The molecule has 2 aromatic heterocycles. The Hall–Kier alpha value is -3.81. The predicted molar refractivity (Wildman–Crippen MR) is 125 cm³/mol. The molecule has 2 aliphatic rings. The molecule has 0 bridgehead atoms. The number of anilines is 1. The van der Waals surface area contributed by atoms with E-state index in [1.807, 2.05) is 31.2 Å². The molecule has 7 nitrogen and oxygen atoms in total. The van der Waals surface area contributed by atoms with E-state index < -0.39 is 0 Å². The van der Waals surface area contributed by atoms with Crippen LogP contribution in [-0.4, -0.2) is 31.8 Å². The average molecular weight is 458 g/mol. The second-order valence-corrected chi connectivity index (χ2v) is 9.25. The number of amides is 1. The van der Waals surface area contributed by atoms with Crippen molar-refractivity contribution >= 4 is 22.5 Å². The maximum Gasteiger partial charge on any atom is 0.227 e. The molecule has 0 radical (unpaired) electrons. The van der Waals surface area contributed by atoms with Gasteiger partial charge in [-0.1, -0.05) is 6.92 Å². The van der Waals surface area contributed by atoms with E-state index in [4.69, 9.17) is 4.74 Å². The van der Waals surface area contributed by atoms with Crippen LogP contribution in [0.3, 0.4) is 0 Å². The Kier molecular flexibility index (Phi) is 5.01. The van der Waals surface area contributed by atoms with Crippen LogP contribution in [-0.2, 0) is 4.79 Å². The molecule has 0 aliphatic heterocycles. The van der Waals surface area contributed by atoms with E-state index in [9.17, 15) is 9.18 Å². The van der Waals surface area contributed by atoms with Gasteiger partial charge in [0.2, 0.25) is 5.91 Å². The summed E-state index contributed by atoms with van der Waals surface area (Å²) in [7, 11) is 0. The van der Waals surface area contributed by atoms with E-state index in [1.165, 1.54) is 18.5 Å². The van der Waals surface area contributed by atoms with Crippen LogP contribution in [0.2, 0.25) is 0 Å². The minimum Gasteiger partial charge on any atom is -0.490 e. The number of nitrogens with one attached hydrogen (secondary N) is 1. The molecule has 2 heterocycles. The monoisotopic (exact) mass is 457 g/mol. The summed E-state index contributed by atoms with van der Waals surface area (Å²) < 4.78 is 21.6. The minimum absolute atomic E-state index is 0.0426. The Morgan fingerprint density at radius 2 is 1.94 bits per heavy atom. The maximum absolute atomic E-state index is 13.7. The third-order valence-corrected chi connectivity index (χ3v) is 7.23. The van der Waals surface area contributed by atoms with Crippen molar-refractivity contribution in [1.29, 1.82) is 0 Å². The van der Waals surface area contributed by atoms with Gasteiger partial charge in [0, 0.05) is 23.2 Å². The molecule has 2 saturated carbocycles. The van der Waals surface area contributed by atoms with Gasteiger partial charge in [0.25, 0.3) is 0 Å². The number of carbonyl (C=O) groups excluding carboxylic acids is 1. The Labute approximate surface area is 196 Å². The van der Waals surface area contributed by atoms with Gasteiger partial charge in [-0.05, 0) is 79.1 Å². The Morgan fingerprint density at radius 3 is 2.68 bits per heavy atom. The molecular weight excluding hydrogens is 433 g/mol. The first-order valence-corrected chi connectivity index (χ1v) is 11.5. The minimum atomic E-state index is -0.299. The van der Waals surface area contributed by atoms with Crippen LogP contribution in [0.5, 0.6) is 5.75 Å². The first-order valence-electron chi connectivity index (χ1n) is 11.5.